The zero-order valence-corrected chi connectivity index (χ0v) is 8.98. The van der Waals surface area contributed by atoms with Gasteiger partial charge in [0.1, 0.15) is 5.82 Å². The van der Waals surface area contributed by atoms with Gasteiger partial charge in [0, 0.05) is 10.6 Å². The van der Waals surface area contributed by atoms with E-state index in [4.69, 9.17) is 11.6 Å². The predicted octanol–water partition coefficient (Wildman–Crippen LogP) is 4.25. The number of aryl methyl sites for hydroxylation is 1. The molecule has 0 amide bonds. The van der Waals surface area contributed by atoms with Gasteiger partial charge in [-0.1, -0.05) is 35.9 Å². The normalized spacial score (nSPS) is 10.3. The Morgan fingerprint density at radius 2 is 2.07 bits per heavy atom. The molecule has 0 fully saturated rings. The van der Waals surface area contributed by atoms with Gasteiger partial charge in [0.05, 0.1) is 0 Å². The van der Waals surface area contributed by atoms with E-state index in [0.29, 0.717) is 21.7 Å². The smallest absolute Gasteiger partial charge is 0.133 e. The quantitative estimate of drug-likeness (QED) is 0.673. The molecule has 1 radical (unpaired) electrons. The van der Waals surface area contributed by atoms with Crippen molar-refractivity contribution in [2.24, 2.45) is 0 Å². The molecule has 0 aliphatic rings. The van der Waals surface area contributed by atoms with E-state index in [9.17, 15) is 4.39 Å². The molecular formula is C13H9ClF. The van der Waals surface area contributed by atoms with Crippen molar-refractivity contribution in [3.05, 3.63) is 58.9 Å². The van der Waals surface area contributed by atoms with Gasteiger partial charge in [-0.3, -0.25) is 0 Å². The molecule has 0 aromatic heterocycles. The third-order valence-corrected chi connectivity index (χ3v) is 2.48. The molecule has 0 N–H and O–H groups in total. The fourth-order valence-corrected chi connectivity index (χ4v) is 1.62. The van der Waals surface area contributed by atoms with Crippen molar-refractivity contribution < 1.29 is 4.39 Å². The van der Waals surface area contributed by atoms with Crippen LogP contribution in [0.2, 0.25) is 5.02 Å². The minimum absolute atomic E-state index is 0.212. The molecule has 0 unspecified atom stereocenters. The van der Waals surface area contributed by atoms with Gasteiger partial charge in [-0.15, -0.1) is 0 Å². The Balaban J connectivity index is 2.59. The van der Waals surface area contributed by atoms with Crippen molar-refractivity contribution >= 4 is 11.6 Å². The molecule has 2 aromatic rings. The highest BCUT2D eigenvalue weighted by atomic mass is 35.5. The molecule has 0 heterocycles. The van der Waals surface area contributed by atoms with Gasteiger partial charge >= 0.3 is 0 Å². The van der Waals surface area contributed by atoms with Crippen LogP contribution in [-0.4, -0.2) is 0 Å². The van der Waals surface area contributed by atoms with Crippen molar-refractivity contribution in [2.75, 3.05) is 0 Å². The summed E-state index contributed by atoms with van der Waals surface area (Å²) in [5.41, 5.74) is 1.85. The lowest BCUT2D eigenvalue weighted by molar-refractivity contribution is 0.622. The molecule has 0 nitrogen and oxygen atoms in total. The van der Waals surface area contributed by atoms with Crippen LogP contribution in [0.4, 0.5) is 4.39 Å². The lowest BCUT2D eigenvalue weighted by atomic mass is 10.0. The maximum atomic E-state index is 13.8. The first-order chi connectivity index (χ1) is 7.18. The largest absolute Gasteiger partial charge is 0.206 e. The maximum absolute atomic E-state index is 13.8. The molecule has 0 atom stereocenters. The van der Waals surface area contributed by atoms with Crippen LogP contribution in [0.3, 0.4) is 0 Å². The summed E-state index contributed by atoms with van der Waals surface area (Å²) in [7, 11) is 0. The highest BCUT2D eigenvalue weighted by Gasteiger charge is 2.07. The van der Waals surface area contributed by atoms with Crippen LogP contribution in [0.15, 0.2) is 36.4 Å². The second-order valence-electron chi connectivity index (χ2n) is 3.36. The van der Waals surface area contributed by atoms with E-state index < -0.39 is 0 Å². The molecule has 0 spiro atoms. The van der Waals surface area contributed by atoms with E-state index in [-0.39, 0.29) is 5.82 Å². The lowest BCUT2D eigenvalue weighted by Crippen LogP contribution is -1.87. The van der Waals surface area contributed by atoms with Crippen molar-refractivity contribution in [2.45, 2.75) is 6.92 Å². The average molecular weight is 220 g/mol. The summed E-state index contributed by atoms with van der Waals surface area (Å²) in [5, 5.41) is 0.588. The van der Waals surface area contributed by atoms with Crippen LogP contribution < -0.4 is 0 Å². The molecule has 15 heavy (non-hydrogen) atoms. The van der Waals surface area contributed by atoms with Gasteiger partial charge in [0.25, 0.3) is 0 Å². The van der Waals surface area contributed by atoms with E-state index in [1.807, 2.05) is 6.07 Å². The summed E-state index contributed by atoms with van der Waals surface area (Å²) < 4.78 is 13.8. The van der Waals surface area contributed by atoms with Gasteiger partial charge in [-0.2, -0.15) is 0 Å². The molecule has 75 valence electrons. The predicted molar refractivity (Wildman–Crippen MR) is 60.4 cm³/mol. The van der Waals surface area contributed by atoms with Crippen molar-refractivity contribution in [3.63, 3.8) is 0 Å². The zero-order chi connectivity index (χ0) is 10.8. The van der Waals surface area contributed by atoms with Crippen LogP contribution in [0, 0.1) is 18.8 Å². The van der Waals surface area contributed by atoms with Crippen molar-refractivity contribution in [1.82, 2.24) is 0 Å². The highest BCUT2D eigenvalue weighted by Crippen LogP contribution is 2.26. The van der Waals surface area contributed by atoms with E-state index in [0.717, 1.165) is 0 Å². The fourth-order valence-electron chi connectivity index (χ4n) is 1.45. The minimum atomic E-state index is -0.212. The van der Waals surface area contributed by atoms with Gasteiger partial charge in [-0.25, -0.2) is 4.39 Å². The molecule has 0 saturated carbocycles. The number of benzene rings is 2. The first-order valence-corrected chi connectivity index (χ1v) is 4.99. The summed E-state index contributed by atoms with van der Waals surface area (Å²) in [6.45, 7) is 1.74. The maximum Gasteiger partial charge on any atom is 0.133 e. The van der Waals surface area contributed by atoms with E-state index in [1.54, 1.807) is 37.3 Å². The summed E-state index contributed by atoms with van der Waals surface area (Å²) in [6.07, 6.45) is 0. The number of halogens is 2. The summed E-state index contributed by atoms with van der Waals surface area (Å²) in [4.78, 5) is 0. The molecule has 2 heteroatoms. The first-order valence-electron chi connectivity index (χ1n) is 4.61. The van der Waals surface area contributed by atoms with Gasteiger partial charge < -0.3 is 0 Å². The average Bonchev–Trinajstić information content (AvgIpc) is 2.22. The summed E-state index contributed by atoms with van der Waals surface area (Å²) >= 11 is 5.84. The number of hydrogen-bond acceptors (Lipinski definition) is 0. The third-order valence-electron chi connectivity index (χ3n) is 2.25. The standard InChI is InChI=1S/C13H9ClF/c1-9-4-2-7-12(13(9)15)10-5-3-6-11(14)8-10/h2-4,6-8H,1H3. The van der Waals surface area contributed by atoms with Crippen LogP contribution in [0.25, 0.3) is 11.1 Å². The Hall–Kier alpha value is -1.34. The van der Waals surface area contributed by atoms with Crippen molar-refractivity contribution in [1.29, 1.82) is 0 Å². The Morgan fingerprint density at radius 3 is 2.80 bits per heavy atom. The van der Waals surface area contributed by atoms with Crippen LogP contribution >= 0.6 is 11.6 Å². The number of rotatable bonds is 1. The second kappa shape index (κ2) is 4.03. The molecule has 0 saturated heterocycles. The fraction of sp³-hybridized carbons (Fsp3) is 0.0769. The molecule has 0 bridgehead atoms. The molecule has 0 aliphatic heterocycles. The monoisotopic (exact) mass is 219 g/mol. The second-order valence-corrected chi connectivity index (χ2v) is 3.79. The minimum Gasteiger partial charge on any atom is -0.206 e. The topological polar surface area (TPSA) is 0 Å². The first kappa shape index (κ1) is 10.2. The van der Waals surface area contributed by atoms with E-state index >= 15 is 0 Å². The van der Waals surface area contributed by atoms with E-state index in [1.165, 1.54) is 0 Å². The zero-order valence-electron chi connectivity index (χ0n) is 8.22. The van der Waals surface area contributed by atoms with Crippen LogP contribution in [0.5, 0.6) is 0 Å². The Bertz CT molecular complexity index is 492. The van der Waals surface area contributed by atoms with Crippen LogP contribution in [-0.2, 0) is 0 Å². The third kappa shape index (κ3) is 2.02. The summed E-state index contributed by atoms with van der Waals surface area (Å²) in [5.74, 6) is -0.212. The molecule has 2 rings (SSSR count). The highest BCUT2D eigenvalue weighted by molar-refractivity contribution is 6.30. The molecular weight excluding hydrogens is 211 g/mol. The Morgan fingerprint density at radius 1 is 1.27 bits per heavy atom. The molecule has 0 aliphatic carbocycles. The van der Waals surface area contributed by atoms with Gasteiger partial charge in [-0.05, 0) is 36.2 Å². The lowest BCUT2D eigenvalue weighted by Gasteiger charge is -2.05. The number of hydrogen-bond donors (Lipinski definition) is 0. The Labute approximate surface area is 93.3 Å². The SMILES string of the molecule is Cc1cccc(-c2[c]ccc(Cl)c2)c1F. The Kier molecular flexibility index (Phi) is 2.74. The van der Waals surface area contributed by atoms with Crippen LogP contribution in [0.1, 0.15) is 5.56 Å². The molecule has 2 aromatic carbocycles. The van der Waals surface area contributed by atoms with E-state index in [2.05, 4.69) is 6.07 Å². The van der Waals surface area contributed by atoms with Gasteiger partial charge in [0.2, 0.25) is 0 Å². The summed E-state index contributed by atoms with van der Waals surface area (Å²) in [6, 6.07) is 13.4. The van der Waals surface area contributed by atoms with Gasteiger partial charge in [0.15, 0.2) is 0 Å². The van der Waals surface area contributed by atoms with Crippen molar-refractivity contribution in [3.8, 4) is 11.1 Å².